The Morgan fingerprint density at radius 2 is 1.43 bits per heavy atom. The Kier molecular flexibility index (Phi) is 6.88. The van der Waals surface area contributed by atoms with Crippen LogP contribution in [-0.4, -0.2) is 26.7 Å². The quantitative estimate of drug-likeness (QED) is 0.558. The van der Waals surface area contributed by atoms with Crippen LogP contribution in [0.25, 0.3) is 0 Å². The Hall–Kier alpha value is -0.230. The van der Waals surface area contributed by atoms with E-state index < -0.39 is 26.7 Å². The fraction of sp³-hybridized carbons (Fsp3) is 1.00. The van der Waals surface area contributed by atoms with E-state index in [2.05, 4.69) is 25.0 Å². The lowest BCUT2D eigenvalue weighted by Crippen LogP contribution is -2.52. The van der Waals surface area contributed by atoms with Crippen LogP contribution in [-0.2, 0) is 14.3 Å². The molecule has 0 N–H and O–H groups in total. The molecule has 3 nitrogen and oxygen atoms in total. The molecule has 23 heavy (non-hydrogen) atoms. The molecule has 2 atom stereocenters. The summed E-state index contributed by atoms with van der Waals surface area (Å²) in [5, 5.41) is -1.88. The number of hydrogen-bond acceptors (Lipinski definition) is 3. The van der Waals surface area contributed by atoms with Crippen molar-refractivity contribution in [3.63, 3.8) is 0 Å². The monoisotopic (exact) mass is 356 g/mol. The lowest BCUT2D eigenvalue weighted by molar-refractivity contribution is -0.135. The summed E-state index contributed by atoms with van der Waals surface area (Å²) in [5.41, 5.74) is -1.74. The van der Waals surface area contributed by atoms with Crippen LogP contribution in [0, 0.1) is 16.2 Å². The van der Waals surface area contributed by atoms with Crippen molar-refractivity contribution >= 4 is 10.1 Å². The second kappa shape index (κ2) is 6.95. The first-order valence-corrected chi connectivity index (χ1v) is 9.58. The molecule has 0 aromatic rings. The average Bonchev–Trinajstić information content (AvgIpc) is 2.33. The summed E-state index contributed by atoms with van der Waals surface area (Å²) in [6.07, 6.45) is 1.21. The van der Waals surface area contributed by atoms with Gasteiger partial charge in [0.25, 0.3) is 16.0 Å². The molecule has 0 radical (unpaired) electrons. The van der Waals surface area contributed by atoms with Crippen molar-refractivity contribution in [1.29, 1.82) is 0 Å². The summed E-state index contributed by atoms with van der Waals surface area (Å²) in [7, 11) is -3.36. The van der Waals surface area contributed by atoms with E-state index in [1.54, 1.807) is 6.92 Å². The van der Waals surface area contributed by atoms with Gasteiger partial charge in [0, 0.05) is 5.41 Å². The Morgan fingerprint density at radius 1 is 1.00 bits per heavy atom. The highest BCUT2D eigenvalue weighted by Gasteiger charge is 2.58. The fourth-order valence-electron chi connectivity index (χ4n) is 3.85. The molecule has 6 heteroatoms. The Balaban J connectivity index is 5.68. The Morgan fingerprint density at radius 3 is 1.74 bits per heavy atom. The summed E-state index contributed by atoms with van der Waals surface area (Å²) in [6, 6.07) is 0. The molecule has 0 aromatic carbocycles. The highest BCUT2D eigenvalue weighted by Crippen LogP contribution is 2.52. The number of alkyl halides is 2. The van der Waals surface area contributed by atoms with Gasteiger partial charge in [0.2, 0.25) is 0 Å². The Bertz CT molecular complexity index is 492. The van der Waals surface area contributed by atoms with Crippen molar-refractivity contribution < 1.29 is 21.4 Å². The first kappa shape index (κ1) is 22.8. The second-order valence-electron chi connectivity index (χ2n) is 8.92. The van der Waals surface area contributed by atoms with Gasteiger partial charge in [-0.05, 0) is 37.0 Å². The second-order valence-corrected chi connectivity index (χ2v) is 10.9. The molecule has 0 heterocycles. The first-order valence-electron chi connectivity index (χ1n) is 8.11. The van der Waals surface area contributed by atoms with Crippen LogP contribution in [0.5, 0.6) is 0 Å². The average molecular weight is 357 g/mol. The molecule has 0 spiro atoms. The lowest BCUT2D eigenvalue weighted by atomic mass is 9.64. The molecule has 140 valence electrons. The van der Waals surface area contributed by atoms with Crippen LogP contribution < -0.4 is 0 Å². The largest absolute Gasteiger partial charge is 0.275 e. The van der Waals surface area contributed by atoms with E-state index in [9.17, 15) is 8.42 Å². The van der Waals surface area contributed by atoms with Crippen molar-refractivity contribution in [1.82, 2.24) is 0 Å². The maximum absolute atomic E-state index is 15.1. The molecule has 0 aliphatic rings. The van der Waals surface area contributed by atoms with Crippen molar-refractivity contribution in [2.24, 2.45) is 16.2 Å². The zero-order chi connectivity index (χ0) is 18.9. The minimum atomic E-state index is -4.29. The van der Waals surface area contributed by atoms with Crippen molar-refractivity contribution in [2.75, 3.05) is 7.11 Å². The predicted molar refractivity (Wildman–Crippen MR) is 91.2 cm³/mol. The van der Waals surface area contributed by atoms with Crippen LogP contribution in [0.3, 0.4) is 0 Å². The van der Waals surface area contributed by atoms with Gasteiger partial charge in [-0.3, -0.25) is 4.18 Å². The Labute approximate surface area is 141 Å². The van der Waals surface area contributed by atoms with Crippen LogP contribution in [0.1, 0.15) is 74.7 Å². The first-order chi connectivity index (χ1) is 9.94. The molecular weight excluding hydrogens is 322 g/mol. The van der Waals surface area contributed by atoms with Crippen LogP contribution >= 0.6 is 0 Å². The third-order valence-corrected chi connectivity index (χ3v) is 6.27. The zero-order valence-corrected chi connectivity index (χ0v) is 16.9. The zero-order valence-electron chi connectivity index (χ0n) is 16.1. The molecule has 0 aromatic heterocycles. The van der Waals surface area contributed by atoms with E-state index in [1.165, 1.54) is 6.92 Å². The number of halogens is 2. The summed E-state index contributed by atoms with van der Waals surface area (Å²) < 4.78 is 58.0. The van der Waals surface area contributed by atoms with E-state index in [0.717, 1.165) is 20.5 Å². The van der Waals surface area contributed by atoms with Crippen molar-refractivity contribution in [3.8, 4) is 0 Å². The van der Waals surface area contributed by atoms with Crippen LogP contribution in [0.4, 0.5) is 8.78 Å². The molecule has 0 saturated heterocycles. The van der Waals surface area contributed by atoms with Crippen molar-refractivity contribution in [2.45, 2.75) is 85.8 Å². The highest BCUT2D eigenvalue weighted by atomic mass is 32.2. The maximum atomic E-state index is 15.1. The molecule has 0 saturated carbocycles. The topological polar surface area (TPSA) is 43.4 Å². The van der Waals surface area contributed by atoms with Gasteiger partial charge in [-0.2, -0.15) is 8.42 Å². The van der Waals surface area contributed by atoms with Gasteiger partial charge in [-0.15, -0.1) is 0 Å². The summed E-state index contributed by atoms with van der Waals surface area (Å²) in [4.78, 5) is 0. The molecular formula is C17H34F2O3S. The van der Waals surface area contributed by atoms with E-state index >= 15 is 8.78 Å². The standard InChI is InChI=1S/C17H34F2O3S/c1-10-16(8,12-15(6,7)11-14(3,4)5)17(18,19)13(2)23(20,21)22-9/h13H,10-12H2,1-9H3. The van der Waals surface area contributed by atoms with Gasteiger partial charge < -0.3 is 0 Å². The summed E-state index contributed by atoms with van der Waals surface area (Å²) in [6.45, 7) is 14.4. The fourth-order valence-corrected chi connectivity index (χ4v) is 4.79. The van der Waals surface area contributed by atoms with Gasteiger partial charge in [-0.25, -0.2) is 8.78 Å². The smallest absolute Gasteiger partial charge is 0.273 e. The summed E-state index contributed by atoms with van der Waals surface area (Å²) >= 11 is 0. The minimum Gasteiger partial charge on any atom is -0.273 e. The van der Waals surface area contributed by atoms with Gasteiger partial charge in [0.05, 0.1) is 7.11 Å². The number of rotatable bonds is 8. The maximum Gasteiger partial charge on any atom is 0.275 e. The molecule has 2 unspecified atom stereocenters. The predicted octanol–water partition coefficient (Wildman–Crippen LogP) is 5.26. The minimum absolute atomic E-state index is 0.0116. The van der Waals surface area contributed by atoms with Crippen molar-refractivity contribution in [3.05, 3.63) is 0 Å². The molecule has 0 fully saturated rings. The van der Waals surface area contributed by atoms with E-state index in [-0.39, 0.29) is 23.7 Å². The van der Waals surface area contributed by atoms with E-state index in [1.807, 2.05) is 13.8 Å². The SMILES string of the molecule is CCC(C)(CC(C)(C)CC(C)(C)C)C(F)(F)C(C)S(=O)(=O)OC. The third kappa shape index (κ3) is 5.66. The lowest BCUT2D eigenvalue weighted by Gasteiger charge is -2.45. The van der Waals surface area contributed by atoms with Gasteiger partial charge in [0.1, 0.15) is 5.25 Å². The van der Waals surface area contributed by atoms with E-state index in [4.69, 9.17) is 0 Å². The van der Waals surface area contributed by atoms with Crippen LogP contribution in [0.2, 0.25) is 0 Å². The van der Waals surface area contributed by atoms with Crippen LogP contribution in [0.15, 0.2) is 0 Å². The molecule has 0 rings (SSSR count). The molecule has 0 amide bonds. The molecule has 0 aliphatic heterocycles. The highest BCUT2D eigenvalue weighted by molar-refractivity contribution is 7.87. The van der Waals surface area contributed by atoms with Gasteiger partial charge in [-0.1, -0.05) is 48.5 Å². The molecule has 0 bridgehead atoms. The normalized spacial score (nSPS) is 18.6. The van der Waals surface area contributed by atoms with Gasteiger partial charge >= 0.3 is 0 Å². The molecule has 0 aliphatic carbocycles. The third-order valence-electron chi connectivity index (χ3n) is 4.64. The summed E-state index contributed by atoms with van der Waals surface area (Å²) in [5.74, 6) is -3.38. The van der Waals surface area contributed by atoms with Gasteiger partial charge in [0.15, 0.2) is 0 Å². The number of hydrogen-bond donors (Lipinski definition) is 0. The van der Waals surface area contributed by atoms with E-state index in [0.29, 0.717) is 0 Å².